The standard InChI is InChI=1S/C40H58BrN5O3Si2/c1-10-49-30(2)40(3)20-18-32(19-21-40)37-36(41)39(45(28-47-22-24-50(4,5)6)29-48-23-25-51(7,8)9)46-38(44-37)34(27-43-46)33-16-17-35(42-26-33)31-14-12-11-13-15-31/h11-18,26,43H,2,10,19-25,27-29H2,1,3-9H3. The molecule has 8 nitrogen and oxygen atoms in total. The Labute approximate surface area is 316 Å². The zero-order valence-corrected chi connectivity index (χ0v) is 35.7. The first-order valence-corrected chi connectivity index (χ1v) is 26.6. The molecule has 1 aromatic carbocycles. The van der Waals surface area contributed by atoms with Gasteiger partial charge in [-0.3, -0.25) is 4.98 Å². The quantitative estimate of drug-likeness (QED) is 0.0741. The summed E-state index contributed by atoms with van der Waals surface area (Å²) in [5.41, 5.74) is 9.91. The summed E-state index contributed by atoms with van der Waals surface area (Å²) in [7, 11) is -2.51. The van der Waals surface area contributed by atoms with Gasteiger partial charge in [0.1, 0.15) is 19.3 Å². The molecule has 0 bridgehead atoms. The van der Waals surface area contributed by atoms with Crippen LogP contribution in [0.1, 0.15) is 38.7 Å². The van der Waals surface area contributed by atoms with Gasteiger partial charge in [0.2, 0.25) is 0 Å². The maximum absolute atomic E-state index is 6.42. The molecule has 1 aromatic heterocycles. The van der Waals surface area contributed by atoms with E-state index in [9.17, 15) is 0 Å². The third-order valence-corrected chi connectivity index (χ3v) is 13.9. The molecule has 0 fully saturated rings. The summed E-state index contributed by atoms with van der Waals surface area (Å²) in [4.78, 5) is 12.5. The molecule has 1 unspecified atom stereocenters. The second kappa shape index (κ2) is 16.9. The third-order valence-electron chi connectivity index (χ3n) is 9.74. The third kappa shape index (κ3) is 10.2. The highest BCUT2D eigenvalue weighted by atomic mass is 79.9. The van der Waals surface area contributed by atoms with Crippen molar-refractivity contribution in [2.45, 2.75) is 84.5 Å². The van der Waals surface area contributed by atoms with Crippen molar-refractivity contribution in [3.8, 4) is 11.3 Å². The highest BCUT2D eigenvalue weighted by Gasteiger charge is 2.39. The number of aromatic nitrogens is 1. The summed E-state index contributed by atoms with van der Waals surface area (Å²) in [6, 6.07) is 16.8. The molecule has 0 saturated heterocycles. The minimum absolute atomic E-state index is 0.105. The molecule has 5 rings (SSSR count). The fourth-order valence-electron chi connectivity index (χ4n) is 6.22. The van der Waals surface area contributed by atoms with E-state index in [1.807, 2.05) is 31.3 Å². The Morgan fingerprint density at radius 2 is 1.65 bits per heavy atom. The number of nitrogens with one attached hydrogen (secondary N) is 1. The zero-order chi connectivity index (χ0) is 36.8. The average molecular weight is 793 g/mol. The number of halogens is 1. The molecule has 1 atom stereocenters. The summed E-state index contributed by atoms with van der Waals surface area (Å²) >= 11 is 4.08. The van der Waals surface area contributed by atoms with Gasteiger partial charge in [-0.15, -0.1) is 0 Å². The fourth-order valence-corrected chi connectivity index (χ4v) is 8.51. The Hall–Kier alpha value is -2.81. The molecule has 276 valence electrons. The Morgan fingerprint density at radius 3 is 2.20 bits per heavy atom. The van der Waals surface area contributed by atoms with E-state index in [0.29, 0.717) is 26.6 Å². The molecule has 3 aliphatic rings. The van der Waals surface area contributed by atoms with Gasteiger partial charge in [0.05, 0.1) is 28.3 Å². The van der Waals surface area contributed by atoms with Crippen LogP contribution in [0, 0.1) is 5.41 Å². The van der Waals surface area contributed by atoms with Crippen LogP contribution in [-0.4, -0.2) is 76.6 Å². The maximum atomic E-state index is 6.42. The topological polar surface area (TPSA) is 71.5 Å². The first kappa shape index (κ1) is 39.4. The number of benzene rings is 1. The largest absolute Gasteiger partial charge is 0.498 e. The first-order chi connectivity index (χ1) is 24.2. The van der Waals surface area contributed by atoms with Crippen LogP contribution in [0.2, 0.25) is 51.4 Å². The van der Waals surface area contributed by atoms with Crippen molar-refractivity contribution >= 4 is 43.4 Å². The van der Waals surface area contributed by atoms with E-state index in [1.165, 1.54) is 5.57 Å². The van der Waals surface area contributed by atoms with Gasteiger partial charge in [-0.05, 0) is 65.8 Å². The van der Waals surface area contributed by atoms with Crippen LogP contribution in [-0.2, 0) is 14.2 Å². The number of fused-ring (bicyclic) bond motifs is 1. The van der Waals surface area contributed by atoms with E-state index in [4.69, 9.17) is 24.2 Å². The van der Waals surface area contributed by atoms with Gasteiger partial charge in [0.25, 0.3) is 0 Å². The minimum atomic E-state index is -1.26. The van der Waals surface area contributed by atoms with Crippen LogP contribution >= 0.6 is 15.9 Å². The molecule has 2 aromatic rings. The van der Waals surface area contributed by atoms with Gasteiger partial charge < -0.3 is 19.1 Å². The van der Waals surface area contributed by atoms with Gasteiger partial charge in [-0.25, -0.2) is 15.4 Å². The number of rotatable bonds is 17. The summed E-state index contributed by atoms with van der Waals surface area (Å²) in [5, 5.41) is 2.11. The molecular formula is C40H58BrN5O3Si2. The number of pyridine rings is 1. The van der Waals surface area contributed by atoms with Crippen LogP contribution in [0.25, 0.3) is 16.8 Å². The molecule has 11 heteroatoms. The van der Waals surface area contributed by atoms with Crippen molar-refractivity contribution in [1.29, 1.82) is 0 Å². The summed E-state index contributed by atoms with van der Waals surface area (Å²) in [5.74, 6) is 2.69. The predicted octanol–water partition coefficient (Wildman–Crippen LogP) is 9.85. The number of nitrogens with zero attached hydrogens (tertiary/aromatic N) is 4. The first-order valence-electron chi connectivity index (χ1n) is 18.4. The zero-order valence-electron chi connectivity index (χ0n) is 32.1. The van der Waals surface area contributed by atoms with Crippen LogP contribution in [0.15, 0.2) is 93.8 Å². The lowest BCUT2D eigenvalue weighted by Gasteiger charge is -2.38. The number of aliphatic imine (C=N–C) groups is 1. The monoisotopic (exact) mass is 791 g/mol. The molecule has 1 aliphatic carbocycles. The second-order valence-electron chi connectivity index (χ2n) is 16.5. The normalized spacial score (nSPS) is 19.6. The lowest BCUT2D eigenvalue weighted by Crippen LogP contribution is -2.45. The summed E-state index contributed by atoms with van der Waals surface area (Å²) in [6.07, 6.45) is 6.96. The molecule has 2 aliphatic heterocycles. The van der Waals surface area contributed by atoms with Crippen LogP contribution in [0.5, 0.6) is 0 Å². The fraction of sp³-hybridized carbons (Fsp3) is 0.500. The molecule has 51 heavy (non-hydrogen) atoms. The SMILES string of the molecule is C=C(OCC)C1(C)CC=C(C2=NC3=C(c4ccc(-c5ccccc5)nc4)CNN3C(N(COCC[Si](C)(C)C)COCC[Si](C)(C)C)=C2Br)CC1. The molecule has 3 heterocycles. The van der Waals surface area contributed by atoms with Crippen molar-refractivity contribution in [1.82, 2.24) is 20.3 Å². The van der Waals surface area contributed by atoms with E-state index in [1.54, 1.807) is 0 Å². The molecule has 0 saturated carbocycles. The molecule has 0 radical (unpaired) electrons. The Balaban J connectivity index is 1.53. The molecular weight excluding hydrogens is 735 g/mol. The predicted molar refractivity (Wildman–Crippen MR) is 220 cm³/mol. The van der Waals surface area contributed by atoms with E-state index in [2.05, 4.69) is 114 Å². The van der Waals surface area contributed by atoms with Crippen molar-refractivity contribution < 1.29 is 14.2 Å². The number of hydrazine groups is 1. The second-order valence-corrected chi connectivity index (χ2v) is 28.5. The van der Waals surface area contributed by atoms with E-state index < -0.39 is 16.1 Å². The highest BCUT2D eigenvalue weighted by molar-refractivity contribution is 9.12. The van der Waals surface area contributed by atoms with Crippen LogP contribution in [0.4, 0.5) is 0 Å². The minimum Gasteiger partial charge on any atom is -0.498 e. The van der Waals surface area contributed by atoms with E-state index in [0.717, 1.165) is 94.6 Å². The van der Waals surface area contributed by atoms with Crippen molar-refractivity contribution in [3.05, 3.63) is 94.3 Å². The van der Waals surface area contributed by atoms with Crippen LogP contribution in [0.3, 0.4) is 0 Å². The Morgan fingerprint density at radius 1 is 0.980 bits per heavy atom. The van der Waals surface area contributed by atoms with Crippen molar-refractivity contribution in [2.24, 2.45) is 10.4 Å². The Bertz CT molecular complexity index is 1640. The molecule has 0 amide bonds. The van der Waals surface area contributed by atoms with Gasteiger partial charge in [-0.2, -0.15) is 0 Å². The molecule has 1 N–H and O–H groups in total. The number of hydrogen-bond acceptors (Lipinski definition) is 8. The number of ether oxygens (including phenoxy) is 3. The van der Waals surface area contributed by atoms with Gasteiger partial charge in [0, 0.05) is 64.2 Å². The number of hydrogen-bond donors (Lipinski definition) is 1. The maximum Gasteiger partial charge on any atom is 0.154 e. The average Bonchev–Trinajstić information content (AvgIpc) is 3.51. The number of allylic oxidation sites excluding steroid dienone is 4. The van der Waals surface area contributed by atoms with Crippen molar-refractivity contribution in [2.75, 3.05) is 39.8 Å². The van der Waals surface area contributed by atoms with Crippen LogP contribution < -0.4 is 5.43 Å². The highest BCUT2D eigenvalue weighted by Crippen LogP contribution is 2.44. The van der Waals surface area contributed by atoms with Gasteiger partial charge in [0.15, 0.2) is 5.82 Å². The van der Waals surface area contributed by atoms with Crippen molar-refractivity contribution in [3.63, 3.8) is 0 Å². The lowest BCUT2D eigenvalue weighted by molar-refractivity contribution is -0.0361. The van der Waals surface area contributed by atoms with E-state index >= 15 is 0 Å². The Kier molecular flexibility index (Phi) is 13.1. The van der Waals surface area contributed by atoms with Gasteiger partial charge >= 0.3 is 0 Å². The summed E-state index contributed by atoms with van der Waals surface area (Å²) < 4.78 is 19.7. The van der Waals surface area contributed by atoms with Gasteiger partial charge in [-0.1, -0.05) is 95.3 Å². The summed E-state index contributed by atoms with van der Waals surface area (Å²) in [6.45, 7) is 26.4. The smallest absolute Gasteiger partial charge is 0.154 e. The lowest BCUT2D eigenvalue weighted by atomic mass is 9.74. The van der Waals surface area contributed by atoms with E-state index in [-0.39, 0.29) is 5.41 Å². The molecule has 0 spiro atoms.